The van der Waals surface area contributed by atoms with Gasteiger partial charge in [-0.1, -0.05) is 19.1 Å². The molecule has 9 nitrogen and oxygen atoms in total. The molecule has 1 atom stereocenters. The highest BCUT2D eigenvalue weighted by molar-refractivity contribution is 8.00. The molecule has 3 aromatic rings. The lowest BCUT2D eigenvalue weighted by molar-refractivity contribution is -0.384. The SMILES string of the molecule is CCC(Sc1cccc(NC(=O)c2cccc([N+](=O)[O-])c2)c1)C(=O)Nc1ccc(NC(C)=O)cc1. The van der Waals surface area contributed by atoms with Crippen LogP contribution in [0, 0.1) is 10.1 Å². The van der Waals surface area contributed by atoms with Crippen LogP contribution >= 0.6 is 11.8 Å². The summed E-state index contributed by atoms with van der Waals surface area (Å²) in [5, 5.41) is 18.9. The lowest BCUT2D eigenvalue weighted by Gasteiger charge is -2.16. The molecule has 0 aromatic heterocycles. The smallest absolute Gasteiger partial charge is 0.270 e. The fraction of sp³-hybridized carbons (Fsp3) is 0.160. The molecule has 1 unspecified atom stereocenters. The summed E-state index contributed by atoms with van der Waals surface area (Å²) < 4.78 is 0. The Hall–Kier alpha value is -4.18. The van der Waals surface area contributed by atoms with E-state index in [1.54, 1.807) is 42.5 Å². The molecule has 0 aliphatic rings. The Bertz CT molecular complexity index is 1250. The number of hydrogen-bond acceptors (Lipinski definition) is 6. The highest BCUT2D eigenvalue weighted by Crippen LogP contribution is 2.29. The molecular weight excluding hydrogens is 468 g/mol. The van der Waals surface area contributed by atoms with Crippen LogP contribution in [0.2, 0.25) is 0 Å². The third-order valence-corrected chi connectivity index (χ3v) is 6.18. The van der Waals surface area contributed by atoms with Crippen molar-refractivity contribution in [3.63, 3.8) is 0 Å². The van der Waals surface area contributed by atoms with Crippen molar-refractivity contribution in [3.8, 4) is 0 Å². The van der Waals surface area contributed by atoms with Crippen LogP contribution in [0.5, 0.6) is 0 Å². The maximum atomic E-state index is 12.8. The zero-order valence-corrected chi connectivity index (χ0v) is 19.9. The van der Waals surface area contributed by atoms with E-state index in [1.165, 1.54) is 43.0 Å². The molecule has 3 amide bonds. The van der Waals surface area contributed by atoms with Crippen LogP contribution in [0.15, 0.2) is 77.7 Å². The normalized spacial score (nSPS) is 11.3. The number of nitrogens with one attached hydrogen (secondary N) is 3. The number of benzene rings is 3. The monoisotopic (exact) mass is 492 g/mol. The van der Waals surface area contributed by atoms with Crippen molar-refractivity contribution in [2.75, 3.05) is 16.0 Å². The Morgan fingerprint density at radius 2 is 1.54 bits per heavy atom. The number of carbonyl (C=O) groups is 3. The van der Waals surface area contributed by atoms with Gasteiger partial charge in [0.25, 0.3) is 11.6 Å². The first kappa shape index (κ1) is 25.4. The minimum Gasteiger partial charge on any atom is -0.326 e. The molecule has 3 aromatic carbocycles. The lowest BCUT2D eigenvalue weighted by atomic mass is 10.2. The first-order valence-corrected chi connectivity index (χ1v) is 11.6. The third kappa shape index (κ3) is 7.41. The van der Waals surface area contributed by atoms with E-state index >= 15 is 0 Å². The maximum Gasteiger partial charge on any atom is 0.270 e. The van der Waals surface area contributed by atoms with Gasteiger partial charge in [-0.05, 0) is 55.0 Å². The number of carbonyl (C=O) groups excluding carboxylic acids is 3. The number of nitro groups is 1. The van der Waals surface area contributed by atoms with Crippen molar-refractivity contribution < 1.29 is 19.3 Å². The summed E-state index contributed by atoms with van der Waals surface area (Å²) in [4.78, 5) is 47.7. The second kappa shape index (κ2) is 11.8. The van der Waals surface area contributed by atoms with Gasteiger partial charge < -0.3 is 16.0 Å². The van der Waals surface area contributed by atoms with Gasteiger partial charge in [0.05, 0.1) is 10.2 Å². The summed E-state index contributed by atoms with van der Waals surface area (Å²) in [7, 11) is 0. The Morgan fingerprint density at radius 3 is 2.17 bits per heavy atom. The number of thioether (sulfide) groups is 1. The molecule has 0 bridgehead atoms. The van der Waals surface area contributed by atoms with Crippen LogP contribution in [0.25, 0.3) is 0 Å². The van der Waals surface area contributed by atoms with Crippen molar-refractivity contribution in [3.05, 3.63) is 88.5 Å². The van der Waals surface area contributed by atoms with Crippen molar-refractivity contribution in [2.45, 2.75) is 30.4 Å². The van der Waals surface area contributed by atoms with Crippen LogP contribution in [0.4, 0.5) is 22.7 Å². The second-order valence-electron chi connectivity index (χ2n) is 7.55. The average Bonchev–Trinajstić information content (AvgIpc) is 2.83. The predicted octanol–water partition coefficient (Wildman–Crippen LogP) is 5.31. The molecule has 0 spiro atoms. The predicted molar refractivity (Wildman–Crippen MR) is 137 cm³/mol. The summed E-state index contributed by atoms with van der Waals surface area (Å²) in [6.45, 7) is 3.33. The summed E-state index contributed by atoms with van der Waals surface area (Å²) in [6, 6.07) is 19.4. The molecule has 3 N–H and O–H groups in total. The molecular formula is C25H24N4O5S. The van der Waals surface area contributed by atoms with E-state index in [0.29, 0.717) is 23.5 Å². The lowest BCUT2D eigenvalue weighted by Crippen LogP contribution is -2.24. The molecule has 0 saturated carbocycles. The third-order valence-electron chi connectivity index (χ3n) is 4.83. The van der Waals surface area contributed by atoms with Gasteiger partial charge in [0, 0.05) is 46.6 Å². The van der Waals surface area contributed by atoms with E-state index in [-0.39, 0.29) is 28.3 Å². The van der Waals surface area contributed by atoms with Crippen molar-refractivity contribution in [1.82, 2.24) is 0 Å². The van der Waals surface area contributed by atoms with E-state index in [0.717, 1.165) is 4.90 Å². The van der Waals surface area contributed by atoms with E-state index in [4.69, 9.17) is 0 Å². The second-order valence-corrected chi connectivity index (χ2v) is 8.83. The average molecular weight is 493 g/mol. The summed E-state index contributed by atoms with van der Waals surface area (Å²) >= 11 is 1.36. The van der Waals surface area contributed by atoms with Gasteiger partial charge in [0.15, 0.2) is 0 Å². The number of nitrogens with zero attached hydrogens (tertiary/aromatic N) is 1. The van der Waals surface area contributed by atoms with Crippen molar-refractivity contribution in [2.24, 2.45) is 0 Å². The molecule has 0 aliphatic heterocycles. The quantitative estimate of drug-likeness (QED) is 0.211. The molecule has 180 valence electrons. The Kier molecular flexibility index (Phi) is 8.58. The standard InChI is InChI=1S/C25H24N4O5S/c1-3-23(25(32)27-19-12-10-18(11-13-19)26-16(2)30)35-22-9-5-7-20(15-22)28-24(31)17-6-4-8-21(14-17)29(33)34/h4-15,23H,3H2,1-2H3,(H,26,30)(H,27,32)(H,28,31). The Morgan fingerprint density at radius 1 is 0.886 bits per heavy atom. The molecule has 35 heavy (non-hydrogen) atoms. The Balaban J connectivity index is 1.64. The van der Waals surface area contributed by atoms with Gasteiger partial charge in [0.1, 0.15) is 0 Å². The number of rotatable bonds is 9. The number of nitro benzene ring substituents is 1. The summed E-state index contributed by atoms with van der Waals surface area (Å²) in [5.74, 6) is -0.813. The van der Waals surface area contributed by atoms with Crippen LogP contribution in [-0.4, -0.2) is 27.9 Å². The molecule has 0 radical (unpaired) electrons. The van der Waals surface area contributed by atoms with Crippen LogP contribution in [-0.2, 0) is 9.59 Å². The first-order chi connectivity index (χ1) is 16.7. The van der Waals surface area contributed by atoms with Gasteiger partial charge in [0.2, 0.25) is 11.8 Å². The molecule has 10 heteroatoms. The number of non-ortho nitro benzene ring substituents is 1. The van der Waals surface area contributed by atoms with Gasteiger partial charge in [-0.2, -0.15) is 0 Å². The number of amides is 3. The van der Waals surface area contributed by atoms with Gasteiger partial charge in [-0.3, -0.25) is 24.5 Å². The zero-order valence-electron chi connectivity index (χ0n) is 19.1. The fourth-order valence-electron chi connectivity index (χ4n) is 3.16. The minimum atomic E-state index is -0.554. The summed E-state index contributed by atoms with van der Waals surface area (Å²) in [5.41, 5.74) is 1.77. The minimum absolute atomic E-state index is 0.163. The maximum absolute atomic E-state index is 12.8. The van der Waals surface area contributed by atoms with Crippen LogP contribution < -0.4 is 16.0 Å². The first-order valence-electron chi connectivity index (χ1n) is 10.8. The van der Waals surface area contributed by atoms with Crippen molar-refractivity contribution in [1.29, 1.82) is 0 Å². The van der Waals surface area contributed by atoms with Gasteiger partial charge in [-0.15, -0.1) is 11.8 Å². The molecule has 3 rings (SSSR count). The largest absolute Gasteiger partial charge is 0.326 e. The highest BCUT2D eigenvalue weighted by atomic mass is 32.2. The summed E-state index contributed by atoms with van der Waals surface area (Å²) in [6.07, 6.45) is 0.574. The molecule has 0 fully saturated rings. The van der Waals surface area contributed by atoms with E-state index in [2.05, 4.69) is 16.0 Å². The van der Waals surface area contributed by atoms with Gasteiger partial charge in [-0.25, -0.2) is 0 Å². The van der Waals surface area contributed by atoms with Gasteiger partial charge >= 0.3 is 0 Å². The van der Waals surface area contributed by atoms with Crippen LogP contribution in [0.3, 0.4) is 0 Å². The van der Waals surface area contributed by atoms with E-state index < -0.39 is 10.8 Å². The molecule has 0 aliphatic carbocycles. The van der Waals surface area contributed by atoms with Crippen LogP contribution in [0.1, 0.15) is 30.6 Å². The molecule has 0 saturated heterocycles. The zero-order chi connectivity index (χ0) is 25.4. The number of hydrogen-bond donors (Lipinski definition) is 3. The highest BCUT2D eigenvalue weighted by Gasteiger charge is 2.19. The topological polar surface area (TPSA) is 130 Å². The Labute approximate surface area is 206 Å². The van der Waals surface area contributed by atoms with E-state index in [9.17, 15) is 24.5 Å². The van der Waals surface area contributed by atoms with E-state index in [1.807, 2.05) is 13.0 Å². The molecule has 0 heterocycles. The fourth-order valence-corrected chi connectivity index (χ4v) is 4.17. The van der Waals surface area contributed by atoms with Crippen molar-refractivity contribution >= 4 is 52.2 Å². The number of anilines is 3.